The summed E-state index contributed by atoms with van der Waals surface area (Å²) < 4.78 is 23.7. The molecule has 8 nitrogen and oxygen atoms in total. The summed E-state index contributed by atoms with van der Waals surface area (Å²) in [6.07, 6.45) is 0.534. The van der Waals surface area contributed by atoms with Gasteiger partial charge in [0.15, 0.2) is 5.17 Å². The number of carbonyl (C=O) groups is 2. The fourth-order valence-corrected chi connectivity index (χ4v) is 5.31. The molecular weight excluding hydrogens is 507 g/mol. The number of ether oxygens (including phenoxy) is 2. The van der Waals surface area contributed by atoms with Crippen LogP contribution in [0.25, 0.3) is 0 Å². The van der Waals surface area contributed by atoms with E-state index in [0.29, 0.717) is 17.3 Å². The number of nitrogens with zero attached hydrogens (tertiary/aromatic N) is 3. The predicted octanol–water partition coefficient (Wildman–Crippen LogP) is 5.02. The molecule has 194 valence electrons. The van der Waals surface area contributed by atoms with Crippen molar-refractivity contribution in [1.82, 2.24) is 5.01 Å². The molecule has 0 spiro atoms. The Bertz CT molecular complexity index is 1390. The Labute approximate surface area is 223 Å². The third kappa shape index (κ3) is 5.55. The van der Waals surface area contributed by atoms with E-state index >= 15 is 0 Å². The number of amidine groups is 1. The Morgan fingerprint density at radius 1 is 1.00 bits per heavy atom. The van der Waals surface area contributed by atoms with Gasteiger partial charge in [-0.3, -0.25) is 9.59 Å². The molecule has 0 fully saturated rings. The number of carbonyl (C=O) groups excluding carboxylic acids is 2. The first-order valence-corrected chi connectivity index (χ1v) is 12.8. The van der Waals surface area contributed by atoms with Crippen molar-refractivity contribution in [3.63, 3.8) is 0 Å². The normalized spacial score (nSPS) is 18.7. The third-order valence-electron chi connectivity index (χ3n) is 6.26. The van der Waals surface area contributed by atoms with Gasteiger partial charge in [0.05, 0.1) is 26.0 Å². The number of thioether (sulfide) groups is 1. The molecule has 0 saturated heterocycles. The number of rotatable bonds is 7. The molecule has 2 amide bonds. The molecule has 0 bridgehead atoms. The SMILES string of the molecule is COc1ccc(C2=NN(C3=NC(=O)[C@@H](CC(=O)Nc4ccc(F)cc4)S3)[C@@H](c3ccc(OC)cc3)C2)cc1. The van der Waals surface area contributed by atoms with Crippen molar-refractivity contribution >= 4 is 40.1 Å². The van der Waals surface area contributed by atoms with Gasteiger partial charge in [-0.25, -0.2) is 9.40 Å². The summed E-state index contributed by atoms with van der Waals surface area (Å²) in [5.74, 6) is 0.355. The van der Waals surface area contributed by atoms with E-state index in [0.717, 1.165) is 28.3 Å². The minimum atomic E-state index is -0.679. The van der Waals surface area contributed by atoms with Gasteiger partial charge in [-0.2, -0.15) is 10.1 Å². The number of amides is 2. The molecule has 2 aliphatic rings. The molecule has 0 aromatic heterocycles. The van der Waals surface area contributed by atoms with Gasteiger partial charge in [0, 0.05) is 18.5 Å². The van der Waals surface area contributed by atoms with Crippen molar-refractivity contribution in [3.8, 4) is 11.5 Å². The average molecular weight is 533 g/mol. The first kappa shape index (κ1) is 25.5. The number of benzene rings is 3. The molecular formula is C28H25FN4O4S. The molecule has 1 N–H and O–H groups in total. The third-order valence-corrected chi connectivity index (χ3v) is 7.40. The standard InChI is InChI=1S/C28H25FN4O4S/c1-36-21-11-3-17(4-12-21)23-15-24(18-5-13-22(37-2)14-6-18)33(32-23)28-31-27(35)25(38-28)16-26(34)30-20-9-7-19(29)8-10-20/h3-14,24-25H,15-16H2,1-2H3,(H,30,34)/t24-,25-/m1/s1. The highest BCUT2D eigenvalue weighted by Crippen LogP contribution is 2.39. The lowest BCUT2D eigenvalue weighted by Gasteiger charge is -2.23. The topological polar surface area (TPSA) is 92.6 Å². The molecule has 0 unspecified atom stereocenters. The first-order valence-electron chi connectivity index (χ1n) is 11.9. The van der Waals surface area contributed by atoms with Gasteiger partial charge in [-0.1, -0.05) is 23.9 Å². The van der Waals surface area contributed by atoms with Crippen LogP contribution >= 0.6 is 11.8 Å². The summed E-state index contributed by atoms with van der Waals surface area (Å²) in [4.78, 5) is 29.6. The van der Waals surface area contributed by atoms with Crippen molar-refractivity contribution < 1.29 is 23.5 Å². The zero-order valence-corrected chi connectivity index (χ0v) is 21.6. The van der Waals surface area contributed by atoms with Crippen LogP contribution in [0.5, 0.6) is 11.5 Å². The number of hydrazone groups is 1. The van der Waals surface area contributed by atoms with Crippen molar-refractivity contribution in [2.24, 2.45) is 10.1 Å². The van der Waals surface area contributed by atoms with Crippen LogP contribution in [0.2, 0.25) is 0 Å². The second-order valence-corrected chi connectivity index (χ2v) is 9.88. The van der Waals surface area contributed by atoms with Crippen molar-refractivity contribution in [2.75, 3.05) is 19.5 Å². The number of methoxy groups -OCH3 is 2. The second kappa shape index (κ2) is 11.1. The van der Waals surface area contributed by atoms with Gasteiger partial charge < -0.3 is 14.8 Å². The van der Waals surface area contributed by atoms with E-state index in [1.807, 2.05) is 48.5 Å². The van der Waals surface area contributed by atoms with Gasteiger partial charge in [-0.05, 0) is 71.8 Å². The fraction of sp³-hybridized carbons (Fsp3) is 0.214. The van der Waals surface area contributed by atoms with Gasteiger partial charge >= 0.3 is 0 Å². The molecule has 2 atom stereocenters. The maximum Gasteiger partial charge on any atom is 0.262 e. The van der Waals surface area contributed by atoms with Crippen molar-refractivity contribution in [2.45, 2.75) is 24.1 Å². The number of nitrogens with one attached hydrogen (secondary N) is 1. The fourth-order valence-electron chi connectivity index (χ4n) is 4.25. The zero-order valence-electron chi connectivity index (χ0n) is 20.8. The number of hydrogen-bond acceptors (Lipinski definition) is 7. The Kier molecular flexibility index (Phi) is 7.41. The molecule has 3 aromatic carbocycles. The maximum absolute atomic E-state index is 13.2. The molecule has 3 aromatic rings. The monoisotopic (exact) mass is 532 g/mol. The average Bonchev–Trinajstić information content (AvgIpc) is 3.54. The molecule has 2 aliphatic heterocycles. The van der Waals surface area contributed by atoms with Crippen LogP contribution in [-0.4, -0.2) is 47.2 Å². The van der Waals surface area contributed by atoms with E-state index < -0.39 is 11.1 Å². The second-order valence-electron chi connectivity index (χ2n) is 8.71. The van der Waals surface area contributed by atoms with Crippen LogP contribution in [0, 0.1) is 5.82 Å². The quantitative estimate of drug-likeness (QED) is 0.459. The van der Waals surface area contributed by atoms with E-state index in [2.05, 4.69) is 10.3 Å². The van der Waals surface area contributed by atoms with Crippen LogP contribution in [0.15, 0.2) is 82.9 Å². The smallest absolute Gasteiger partial charge is 0.262 e. The van der Waals surface area contributed by atoms with Crippen LogP contribution in [-0.2, 0) is 9.59 Å². The van der Waals surface area contributed by atoms with Crippen LogP contribution in [0.1, 0.15) is 30.0 Å². The number of aliphatic imine (C=N–C) groups is 1. The summed E-state index contributed by atoms with van der Waals surface area (Å²) in [7, 11) is 3.23. The Morgan fingerprint density at radius 2 is 1.63 bits per heavy atom. The first-order chi connectivity index (χ1) is 18.4. The van der Waals surface area contributed by atoms with E-state index in [1.54, 1.807) is 19.2 Å². The molecule has 5 rings (SSSR count). The van der Waals surface area contributed by atoms with E-state index in [-0.39, 0.29) is 24.3 Å². The van der Waals surface area contributed by atoms with Crippen LogP contribution in [0.4, 0.5) is 10.1 Å². The highest BCUT2D eigenvalue weighted by molar-refractivity contribution is 8.15. The summed E-state index contributed by atoms with van der Waals surface area (Å²) in [6.45, 7) is 0. The molecule has 0 radical (unpaired) electrons. The van der Waals surface area contributed by atoms with Gasteiger partial charge in [0.25, 0.3) is 5.91 Å². The maximum atomic E-state index is 13.2. The zero-order chi connectivity index (χ0) is 26.6. The lowest BCUT2D eigenvalue weighted by atomic mass is 9.98. The van der Waals surface area contributed by atoms with E-state index in [4.69, 9.17) is 14.6 Å². The Hall–Kier alpha value is -4.18. The molecule has 0 saturated carbocycles. The van der Waals surface area contributed by atoms with Gasteiger partial charge in [0.1, 0.15) is 22.6 Å². The molecule has 2 heterocycles. The lowest BCUT2D eigenvalue weighted by Crippen LogP contribution is -2.25. The molecule has 38 heavy (non-hydrogen) atoms. The number of halogens is 1. The lowest BCUT2D eigenvalue weighted by molar-refractivity contribution is -0.121. The van der Waals surface area contributed by atoms with Crippen molar-refractivity contribution in [1.29, 1.82) is 0 Å². The Balaban J connectivity index is 1.35. The highest BCUT2D eigenvalue weighted by atomic mass is 32.2. The number of anilines is 1. The minimum absolute atomic E-state index is 0.0655. The largest absolute Gasteiger partial charge is 0.497 e. The van der Waals surface area contributed by atoms with E-state index in [9.17, 15) is 14.0 Å². The minimum Gasteiger partial charge on any atom is -0.497 e. The summed E-state index contributed by atoms with van der Waals surface area (Å²) in [5, 5.41) is 9.09. The summed E-state index contributed by atoms with van der Waals surface area (Å²) in [5.41, 5.74) is 3.24. The van der Waals surface area contributed by atoms with Gasteiger partial charge in [0.2, 0.25) is 5.91 Å². The predicted molar refractivity (Wildman–Crippen MR) is 145 cm³/mol. The molecule has 10 heteroatoms. The van der Waals surface area contributed by atoms with Gasteiger partial charge in [-0.15, -0.1) is 0 Å². The molecule has 0 aliphatic carbocycles. The van der Waals surface area contributed by atoms with Crippen molar-refractivity contribution in [3.05, 3.63) is 89.7 Å². The highest BCUT2D eigenvalue weighted by Gasteiger charge is 2.39. The number of hydrogen-bond donors (Lipinski definition) is 1. The summed E-state index contributed by atoms with van der Waals surface area (Å²) in [6, 6.07) is 20.6. The summed E-state index contributed by atoms with van der Waals surface area (Å²) >= 11 is 1.22. The van der Waals surface area contributed by atoms with Crippen LogP contribution < -0.4 is 14.8 Å². The Morgan fingerprint density at radius 3 is 2.26 bits per heavy atom. The van der Waals surface area contributed by atoms with Crippen LogP contribution in [0.3, 0.4) is 0 Å². The van der Waals surface area contributed by atoms with E-state index in [1.165, 1.54) is 36.0 Å².